The van der Waals surface area contributed by atoms with Crippen molar-refractivity contribution in [3.63, 3.8) is 0 Å². The van der Waals surface area contributed by atoms with Crippen LogP contribution >= 0.6 is 11.3 Å². The molecule has 1 saturated carbocycles. The molecule has 1 fully saturated rings. The molecule has 2 rings (SSSR count). The fraction of sp³-hybridized carbons (Fsp3) is 0.714. The van der Waals surface area contributed by atoms with Gasteiger partial charge in [-0.05, 0) is 33.7 Å². The minimum atomic E-state index is -0.0401. The maximum atomic E-state index is 12.0. The Morgan fingerprint density at radius 3 is 2.68 bits per heavy atom. The van der Waals surface area contributed by atoms with Crippen molar-refractivity contribution in [1.82, 2.24) is 15.2 Å². The zero-order chi connectivity index (χ0) is 13.8. The van der Waals surface area contributed by atoms with Crippen LogP contribution in [0.1, 0.15) is 46.1 Å². The maximum absolute atomic E-state index is 12.0. The molecule has 1 N–H and O–H groups in total. The Bertz CT molecular complexity index is 438. The summed E-state index contributed by atoms with van der Waals surface area (Å²) in [6.45, 7) is 5.49. The fourth-order valence-corrected chi connectivity index (χ4v) is 3.51. The molecule has 0 aromatic carbocycles. The van der Waals surface area contributed by atoms with Gasteiger partial charge in [0.15, 0.2) is 0 Å². The standard InChI is InChI=1S/C14H23N3OS/c1-10-13(16-11(2)19-10)14(18)15-8-9-17(3)12-6-4-5-7-12/h12H,4-9H2,1-3H3,(H,15,18). The molecule has 0 aliphatic heterocycles. The molecule has 0 saturated heterocycles. The van der Waals surface area contributed by atoms with Crippen molar-refractivity contribution in [3.8, 4) is 0 Å². The van der Waals surface area contributed by atoms with Crippen LogP contribution in [0.4, 0.5) is 0 Å². The monoisotopic (exact) mass is 281 g/mol. The Morgan fingerprint density at radius 2 is 2.11 bits per heavy atom. The number of carbonyl (C=O) groups is 1. The van der Waals surface area contributed by atoms with Crippen molar-refractivity contribution in [2.24, 2.45) is 0 Å². The summed E-state index contributed by atoms with van der Waals surface area (Å²) in [5.41, 5.74) is 0.589. The van der Waals surface area contributed by atoms with E-state index in [4.69, 9.17) is 0 Å². The first-order chi connectivity index (χ1) is 9.08. The van der Waals surface area contributed by atoms with E-state index in [-0.39, 0.29) is 5.91 Å². The lowest BCUT2D eigenvalue weighted by molar-refractivity contribution is 0.0942. The van der Waals surface area contributed by atoms with Crippen LogP contribution < -0.4 is 5.32 Å². The highest BCUT2D eigenvalue weighted by Crippen LogP contribution is 2.21. The second kappa shape index (κ2) is 6.48. The van der Waals surface area contributed by atoms with Crippen molar-refractivity contribution in [2.45, 2.75) is 45.6 Å². The average Bonchev–Trinajstić information content (AvgIpc) is 2.98. The van der Waals surface area contributed by atoms with E-state index in [0.717, 1.165) is 16.4 Å². The molecule has 1 aliphatic rings. The first-order valence-corrected chi connectivity index (χ1v) is 7.82. The first-order valence-electron chi connectivity index (χ1n) is 7.00. The van der Waals surface area contributed by atoms with E-state index >= 15 is 0 Å². The highest BCUT2D eigenvalue weighted by molar-refractivity contribution is 7.11. The smallest absolute Gasteiger partial charge is 0.271 e. The molecule has 0 spiro atoms. The van der Waals surface area contributed by atoms with Crippen LogP contribution in [0.25, 0.3) is 0 Å². The van der Waals surface area contributed by atoms with Crippen LogP contribution in [0.15, 0.2) is 0 Å². The van der Waals surface area contributed by atoms with Gasteiger partial charge in [-0.2, -0.15) is 0 Å². The Morgan fingerprint density at radius 1 is 1.42 bits per heavy atom. The number of rotatable bonds is 5. The van der Waals surface area contributed by atoms with Crippen LogP contribution in [0.5, 0.6) is 0 Å². The SMILES string of the molecule is Cc1nc(C(=O)NCCN(C)C2CCCC2)c(C)s1. The molecule has 0 unspecified atom stereocenters. The fourth-order valence-electron chi connectivity index (χ4n) is 2.70. The molecule has 1 amide bonds. The van der Waals surface area contributed by atoms with Gasteiger partial charge in [0.25, 0.3) is 5.91 Å². The van der Waals surface area contributed by atoms with Crippen LogP contribution in [0, 0.1) is 13.8 Å². The van der Waals surface area contributed by atoms with Crippen molar-refractivity contribution >= 4 is 17.2 Å². The molecule has 0 atom stereocenters. The Balaban J connectivity index is 1.76. The van der Waals surface area contributed by atoms with Gasteiger partial charge in [-0.3, -0.25) is 4.79 Å². The summed E-state index contributed by atoms with van der Waals surface area (Å²) < 4.78 is 0. The molecular formula is C14H23N3OS. The summed E-state index contributed by atoms with van der Waals surface area (Å²) in [4.78, 5) is 19.6. The van der Waals surface area contributed by atoms with E-state index in [9.17, 15) is 4.79 Å². The van der Waals surface area contributed by atoms with E-state index in [0.29, 0.717) is 18.3 Å². The molecule has 19 heavy (non-hydrogen) atoms. The summed E-state index contributed by atoms with van der Waals surface area (Å²) in [5, 5.41) is 3.92. The highest BCUT2D eigenvalue weighted by atomic mass is 32.1. The van der Waals surface area contributed by atoms with Gasteiger partial charge in [-0.1, -0.05) is 12.8 Å². The summed E-state index contributed by atoms with van der Waals surface area (Å²) in [6.07, 6.45) is 5.29. The molecule has 1 aromatic heterocycles. The lowest BCUT2D eigenvalue weighted by atomic mass is 10.2. The number of carbonyl (C=O) groups excluding carboxylic acids is 1. The van der Waals surface area contributed by atoms with Crippen molar-refractivity contribution in [2.75, 3.05) is 20.1 Å². The normalized spacial score (nSPS) is 16.2. The van der Waals surface area contributed by atoms with Gasteiger partial charge in [0.1, 0.15) is 5.69 Å². The lowest BCUT2D eigenvalue weighted by Gasteiger charge is -2.23. The number of likely N-dealkylation sites (N-methyl/N-ethyl adjacent to an activating group) is 1. The van der Waals surface area contributed by atoms with Crippen molar-refractivity contribution < 1.29 is 4.79 Å². The van der Waals surface area contributed by atoms with Gasteiger partial charge in [0, 0.05) is 24.0 Å². The number of hydrogen-bond donors (Lipinski definition) is 1. The van der Waals surface area contributed by atoms with Gasteiger partial charge in [-0.15, -0.1) is 11.3 Å². The summed E-state index contributed by atoms with van der Waals surface area (Å²) in [5.74, 6) is -0.0401. The molecular weight excluding hydrogens is 258 g/mol. The van der Waals surface area contributed by atoms with Crippen LogP contribution in [-0.4, -0.2) is 42.0 Å². The average molecular weight is 281 g/mol. The molecule has 0 bridgehead atoms. The third kappa shape index (κ3) is 3.76. The first kappa shape index (κ1) is 14.5. The largest absolute Gasteiger partial charge is 0.349 e. The molecule has 1 aromatic rings. The quantitative estimate of drug-likeness (QED) is 0.901. The predicted octanol–water partition coefficient (Wildman–Crippen LogP) is 2.36. The Hall–Kier alpha value is -0.940. The molecule has 106 valence electrons. The summed E-state index contributed by atoms with van der Waals surface area (Å²) in [6, 6.07) is 0.708. The van der Waals surface area contributed by atoms with E-state index in [2.05, 4.69) is 22.2 Å². The number of aryl methyl sites for hydroxylation is 2. The van der Waals surface area contributed by atoms with E-state index in [1.54, 1.807) is 11.3 Å². The molecule has 1 aliphatic carbocycles. The van der Waals surface area contributed by atoms with Crippen molar-refractivity contribution in [3.05, 3.63) is 15.6 Å². The van der Waals surface area contributed by atoms with Crippen LogP contribution in [0.2, 0.25) is 0 Å². The minimum absolute atomic E-state index is 0.0401. The second-order valence-electron chi connectivity index (χ2n) is 5.31. The van der Waals surface area contributed by atoms with Crippen molar-refractivity contribution in [1.29, 1.82) is 0 Å². The number of hydrogen-bond acceptors (Lipinski definition) is 4. The number of nitrogens with zero attached hydrogens (tertiary/aromatic N) is 2. The van der Waals surface area contributed by atoms with Gasteiger partial charge in [0.05, 0.1) is 5.01 Å². The zero-order valence-electron chi connectivity index (χ0n) is 12.0. The Kier molecular flexibility index (Phi) is 4.93. The molecule has 5 heteroatoms. The summed E-state index contributed by atoms with van der Waals surface area (Å²) in [7, 11) is 2.15. The van der Waals surface area contributed by atoms with E-state index in [1.165, 1.54) is 25.7 Å². The minimum Gasteiger partial charge on any atom is -0.349 e. The summed E-state index contributed by atoms with van der Waals surface area (Å²) >= 11 is 1.58. The number of thiazole rings is 1. The van der Waals surface area contributed by atoms with Gasteiger partial charge < -0.3 is 10.2 Å². The molecule has 1 heterocycles. The zero-order valence-corrected chi connectivity index (χ0v) is 12.8. The van der Waals surface area contributed by atoms with E-state index < -0.39 is 0 Å². The van der Waals surface area contributed by atoms with Crippen LogP contribution in [0.3, 0.4) is 0 Å². The highest BCUT2D eigenvalue weighted by Gasteiger charge is 2.19. The number of nitrogens with one attached hydrogen (secondary N) is 1. The molecule has 4 nitrogen and oxygen atoms in total. The molecule has 0 radical (unpaired) electrons. The van der Waals surface area contributed by atoms with Gasteiger partial charge >= 0.3 is 0 Å². The predicted molar refractivity (Wildman–Crippen MR) is 78.8 cm³/mol. The Labute approximate surface area is 119 Å². The van der Waals surface area contributed by atoms with E-state index in [1.807, 2.05) is 13.8 Å². The second-order valence-corrected chi connectivity index (χ2v) is 6.72. The third-order valence-electron chi connectivity index (χ3n) is 3.82. The van der Waals surface area contributed by atoms with Gasteiger partial charge in [0.2, 0.25) is 0 Å². The topological polar surface area (TPSA) is 45.2 Å². The maximum Gasteiger partial charge on any atom is 0.271 e. The van der Waals surface area contributed by atoms with Gasteiger partial charge in [-0.25, -0.2) is 4.98 Å². The number of amides is 1. The van der Waals surface area contributed by atoms with Crippen LogP contribution in [-0.2, 0) is 0 Å². The number of aromatic nitrogens is 1. The lowest BCUT2D eigenvalue weighted by Crippen LogP contribution is -2.37. The third-order valence-corrected chi connectivity index (χ3v) is 4.70.